The van der Waals surface area contributed by atoms with E-state index in [4.69, 9.17) is 4.74 Å². The molecular formula is C17H34O2. The number of unbranched alkanes of at least 4 members (excludes halogenated alkanes) is 7. The maximum Gasteiger partial charge on any atom is 0.110 e. The van der Waals surface area contributed by atoms with Crippen molar-refractivity contribution in [3.05, 3.63) is 0 Å². The summed E-state index contributed by atoms with van der Waals surface area (Å²) in [5, 5.41) is 10.1. The van der Waals surface area contributed by atoms with Crippen LogP contribution in [0, 0.1) is 5.41 Å². The summed E-state index contributed by atoms with van der Waals surface area (Å²) in [5.41, 5.74) is -0.0569. The molecule has 0 aliphatic carbocycles. The maximum absolute atomic E-state index is 10.1. The van der Waals surface area contributed by atoms with Gasteiger partial charge in [0.25, 0.3) is 0 Å². The summed E-state index contributed by atoms with van der Waals surface area (Å²) >= 11 is 0. The van der Waals surface area contributed by atoms with Gasteiger partial charge in [0.2, 0.25) is 0 Å². The molecule has 1 fully saturated rings. The van der Waals surface area contributed by atoms with Gasteiger partial charge in [-0.2, -0.15) is 0 Å². The Morgan fingerprint density at radius 1 is 0.947 bits per heavy atom. The largest absolute Gasteiger partial charge is 0.390 e. The van der Waals surface area contributed by atoms with Crippen LogP contribution in [0.1, 0.15) is 85.5 Å². The van der Waals surface area contributed by atoms with Crippen LogP contribution in [0.3, 0.4) is 0 Å². The molecule has 114 valence electrons. The molecule has 0 amide bonds. The normalized spacial score (nSPS) is 24.5. The second-order valence-corrected chi connectivity index (χ2v) is 7.21. The second-order valence-electron chi connectivity index (χ2n) is 7.21. The molecule has 1 aliphatic rings. The zero-order valence-electron chi connectivity index (χ0n) is 13.5. The molecule has 3 atom stereocenters. The van der Waals surface area contributed by atoms with Crippen LogP contribution in [-0.2, 0) is 4.74 Å². The van der Waals surface area contributed by atoms with Gasteiger partial charge in [0.05, 0.1) is 12.2 Å². The Kier molecular flexibility index (Phi) is 7.38. The van der Waals surface area contributed by atoms with E-state index >= 15 is 0 Å². The van der Waals surface area contributed by atoms with Gasteiger partial charge in [0.15, 0.2) is 0 Å². The molecule has 0 radical (unpaired) electrons. The fraction of sp³-hybridized carbons (Fsp3) is 1.00. The fourth-order valence-corrected chi connectivity index (χ4v) is 2.64. The third kappa shape index (κ3) is 6.76. The van der Waals surface area contributed by atoms with Gasteiger partial charge < -0.3 is 9.84 Å². The minimum atomic E-state index is -0.313. The first-order chi connectivity index (χ1) is 8.96. The van der Waals surface area contributed by atoms with Crippen LogP contribution in [0.15, 0.2) is 0 Å². The van der Waals surface area contributed by atoms with Gasteiger partial charge in [-0.05, 0) is 11.8 Å². The minimum absolute atomic E-state index is 0.0569. The maximum atomic E-state index is 10.1. The zero-order valence-corrected chi connectivity index (χ0v) is 13.5. The fourth-order valence-electron chi connectivity index (χ4n) is 2.64. The summed E-state index contributed by atoms with van der Waals surface area (Å²) in [6.45, 7) is 8.49. The SMILES string of the molecule is CCCCCCCCCC[C@H]1O[C@@H]1[C@@H](O)C(C)(C)C. The molecule has 19 heavy (non-hydrogen) atoms. The smallest absolute Gasteiger partial charge is 0.110 e. The number of epoxide rings is 1. The Balaban J connectivity index is 1.92. The molecule has 1 aliphatic heterocycles. The summed E-state index contributed by atoms with van der Waals surface area (Å²) in [5.74, 6) is 0. The van der Waals surface area contributed by atoms with E-state index in [1.165, 1.54) is 51.4 Å². The molecule has 0 aromatic rings. The molecule has 1 N–H and O–H groups in total. The molecule has 1 heterocycles. The molecular weight excluding hydrogens is 236 g/mol. The lowest BCUT2D eigenvalue weighted by atomic mass is 9.86. The van der Waals surface area contributed by atoms with Gasteiger partial charge in [-0.3, -0.25) is 0 Å². The van der Waals surface area contributed by atoms with Crippen molar-refractivity contribution in [2.24, 2.45) is 5.41 Å². The Hall–Kier alpha value is -0.0800. The lowest BCUT2D eigenvalue weighted by Gasteiger charge is -2.24. The van der Waals surface area contributed by atoms with Crippen molar-refractivity contribution in [1.29, 1.82) is 0 Å². The number of hydrogen-bond acceptors (Lipinski definition) is 2. The predicted octanol–water partition coefficient (Wildman–Crippen LogP) is 4.69. The Morgan fingerprint density at radius 3 is 2.00 bits per heavy atom. The molecule has 1 saturated heterocycles. The average molecular weight is 270 g/mol. The predicted molar refractivity (Wildman–Crippen MR) is 81.3 cm³/mol. The Labute approximate surface area is 119 Å². The molecule has 0 saturated carbocycles. The molecule has 0 unspecified atom stereocenters. The molecule has 2 nitrogen and oxygen atoms in total. The first-order valence-corrected chi connectivity index (χ1v) is 8.30. The van der Waals surface area contributed by atoms with E-state index in [1.807, 2.05) is 0 Å². The number of rotatable bonds is 10. The highest BCUT2D eigenvalue weighted by molar-refractivity contribution is 4.95. The third-order valence-electron chi connectivity index (χ3n) is 4.16. The van der Waals surface area contributed by atoms with Crippen LogP contribution >= 0.6 is 0 Å². The summed E-state index contributed by atoms with van der Waals surface area (Å²) < 4.78 is 5.61. The van der Waals surface area contributed by atoms with E-state index in [9.17, 15) is 5.11 Å². The monoisotopic (exact) mass is 270 g/mol. The number of ether oxygens (including phenoxy) is 1. The standard InChI is InChI=1S/C17H34O2/c1-5-6-7-8-9-10-11-12-13-14-15(19-14)16(18)17(2,3)4/h14-16,18H,5-13H2,1-4H3/t14-,15+,16-/m1/s1. The van der Waals surface area contributed by atoms with E-state index in [-0.39, 0.29) is 17.6 Å². The van der Waals surface area contributed by atoms with E-state index in [2.05, 4.69) is 27.7 Å². The van der Waals surface area contributed by atoms with Crippen molar-refractivity contribution in [1.82, 2.24) is 0 Å². The minimum Gasteiger partial charge on any atom is -0.390 e. The van der Waals surface area contributed by atoms with Crippen LogP contribution in [-0.4, -0.2) is 23.4 Å². The van der Waals surface area contributed by atoms with Crippen LogP contribution in [0.4, 0.5) is 0 Å². The molecule has 0 aromatic heterocycles. The second kappa shape index (κ2) is 8.26. The van der Waals surface area contributed by atoms with Crippen molar-refractivity contribution in [2.75, 3.05) is 0 Å². The molecule has 0 aromatic carbocycles. The lowest BCUT2D eigenvalue weighted by molar-refractivity contribution is 0.0378. The van der Waals surface area contributed by atoms with Crippen LogP contribution in [0.5, 0.6) is 0 Å². The van der Waals surface area contributed by atoms with E-state index in [0.29, 0.717) is 6.10 Å². The van der Waals surface area contributed by atoms with E-state index in [0.717, 1.165) is 6.42 Å². The highest BCUT2D eigenvalue weighted by Crippen LogP contribution is 2.37. The molecule has 0 spiro atoms. The van der Waals surface area contributed by atoms with Crippen LogP contribution in [0.25, 0.3) is 0 Å². The molecule has 0 bridgehead atoms. The Bertz CT molecular complexity index is 232. The van der Waals surface area contributed by atoms with Crippen molar-refractivity contribution in [2.45, 2.75) is 104 Å². The van der Waals surface area contributed by atoms with Crippen molar-refractivity contribution in [3.63, 3.8) is 0 Å². The van der Waals surface area contributed by atoms with Gasteiger partial charge in [-0.1, -0.05) is 79.1 Å². The highest BCUT2D eigenvalue weighted by Gasteiger charge is 2.47. The molecule has 1 rings (SSSR count). The summed E-state index contributed by atoms with van der Waals surface area (Å²) in [6.07, 6.45) is 12.1. The number of aliphatic hydroxyl groups excluding tert-OH is 1. The van der Waals surface area contributed by atoms with Gasteiger partial charge in [0, 0.05) is 0 Å². The third-order valence-corrected chi connectivity index (χ3v) is 4.16. The van der Waals surface area contributed by atoms with Crippen molar-refractivity contribution >= 4 is 0 Å². The Morgan fingerprint density at radius 2 is 1.47 bits per heavy atom. The van der Waals surface area contributed by atoms with Crippen molar-refractivity contribution in [3.8, 4) is 0 Å². The summed E-state index contributed by atoms with van der Waals surface area (Å²) in [7, 11) is 0. The zero-order chi connectivity index (χ0) is 14.3. The number of hydrogen-bond donors (Lipinski definition) is 1. The van der Waals surface area contributed by atoms with Gasteiger partial charge >= 0.3 is 0 Å². The topological polar surface area (TPSA) is 32.8 Å². The van der Waals surface area contributed by atoms with E-state index < -0.39 is 0 Å². The van der Waals surface area contributed by atoms with Crippen LogP contribution in [0.2, 0.25) is 0 Å². The van der Waals surface area contributed by atoms with E-state index in [1.54, 1.807) is 0 Å². The van der Waals surface area contributed by atoms with Crippen LogP contribution < -0.4 is 0 Å². The quantitative estimate of drug-likeness (QED) is 0.461. The summed E-state index contributed by atoms with van der Waals surface area (Å²) in [4.78, 5) is 0. The van der Waals surface area contributed by atoms with Gasteiger partial charge in [0.1, 0.15) is 6.10 Å². The summed E-state index contributed by atoms with van der Waals surface area (Å²) in [6, 6.07) is 0. The van der Waals surface area contributed by atoms with Gasteiger partial charge in [-0.25, -0.2) is 0 Å². The van der Waals surface area contributed by atoms with Crippen molar-refractivity contribution < 1.29 is 9.84 Å². The first-order valence-electron chi connectivity index (χ1n) is 8.30. The number of aliphatic hydroxyl groups is 1. The average Bonchev–Trinajstić information content (AvgIpc) is 3.10. The first kappa shape index (κ1) is 17.0. The molecule has 2 heteroatoms. The van der Waals surface area contributed by atoms with Gasteiger partial charge in [-0.15, -0.1) is 0 Å². The highest BCUT2D eigenvalue weighted by atomic mass is 16.6. The lowest BCUT2D eigenvalue weighted by Crippen LogP contribution is -2.32.